The van der Waals surface area contributed by atoms with Crippen LogP contribution in [-0.2, 0) is 14.3 Å². The molecule has 0 bridgehead atoms. The van der Waals surface area contributed by atoms with Crippen molar-refractivity contribution < 1.29 is 19.4 Å². The molecule has 0 aromatic rings. The van der Waals surface area contributed by atoms with Crippen molar-refractivity contribution in [2.24, 2.45) is 5.73 Å². The third kappa shape index (κ3) is 6.82. The van der Waals surface area contributed by atoms with Gasteiger partial charge in [0.2, 0.25) is 0 Å². The van der Waals surface area contributed by atoms with Gasteiger partial charge >= 0.3 is 5.97 Å². The number of rotatable bonds is 8. The summed E-state index contributed by atoms with van der Waals surface area (Å²) in [5.41, 5.74) is 5.21. The summed E-state index contributed by atoms with van der Waals surface area (Å²) in [7, 11) is 0. The molecular weight excluding hydrogens is 186 g/mol. The van der Waals surface area contributed by atoms with Gasteiger partial charge in [0.05, 0.1) is 13.2 Å². The topological polar surface area (TPSA) is 81.8 Å². The zero-order valence-electron chi connectivity index (χ0n) is 8.57. The maximum Gasteiger partial charge on any atom is 0.325 e. The van der Waals surface area contributed by atoms with Crippen LogP contribution in [0.5, 0.6) is 0 Å². The smallest absolute Gasteiger partial charge is 0.325 e. The third-order valence-electron chi connectivity index (χ3n) is 1.61. The summed E-state index contributed by atoms with van der Waals surface area (Å²) in [6.07, 6.45) is 2.08. The molecule has 0 aliphatic carbocycles. The summed E-state index contributed by atoms with van der Waals surface area (Å²) >= 11 is 0. The van der Waals surface area contributed by atoms with Gasteiger partial charge in [-0.15, -0.1) is 0 Å². The summed E-state index contributed by atoms with van der Waals surface area (Å²) in [6, 6.07) is -0.939. The van der Waals surface area contributed by atoms with E-state index < -0.39 is 18.6 Å². The molecule has 5 heteroatoms. The van der Waals surface area contributed by atoms with E-state index in [0.717, 1.165) is 12.8 Å². The van der Waals surface area contributed by atoms with Crippen molar-refractivity contribution in [2.75, 3.05) is 26.4 Å². The van der Waals surface area contributed by atoms with E-state index in [1.54, 1.807) is 0 Å². The van der Waals surface area contributed by atoms with Crippen molar-refractivity contribution in [1.29, 1.82) is 0 Å². The van der Waals surface area contributed by atoms with E-state index in [1.807, 2.05) is 0 Å². The van der Waals surface area contributed by atoms with Gasteiger partial charge in [-0.3, -0.25) is 4.79 Å². The van der Waals surface area contributed by atoms with Crippen molar-refractivity contribution in [1.82, 2.24) is 0 Å². The number of ether oxygens (including phenoxy) is 2. The number of aliphatic hydroxyl groups is 1. The van der Waals surface area contributed by atoms with Crippen molar-refractivity contribution in [3.05, 3.63) is 0 Å². The van der Waals surface area contributed by atoms with Gasteiger partial charge in [0, 0.05) is 6.61 Å². The van der Waals surface area contributed by atoms with E-state index in [-0.39, 0.29) is 6.61 Å². The highest BCUT2D eigenvalue weighted by Gasteiger charge is 2.12. The molecule has 0 rings (SSSR count). The highest BCUT2D eigenvalue weighted by molar-refractivity contribution is 5.75. The van der Waals surface area contributed by atoms with Gasteiger partial charge in [-0.1, -0.05) is 13.3 Å². The Kier molecular flexibility index (Phi) is 8.51. The number of carbonyl (C=O) groups is 1. The number of hydrogen-bond acceptors (Lipinski definition) is 5. The lowest BCUT2D eigenvalue weighted by Crippen LogP contribution is -2.36. The fraction of sp³-hybridized carbons (Fsp3) is 0.889. The molecule has 0 aromatic carbocycles. The summed E-state index contributed by atoms with van der Waals surface area (Å²) in [4.78, 5) is 10.9. The maximum atomic E-state index is 10.9. The minimum absolute atomic E-state index is 0.191. The second-order valence-corrected chi connectivity index (χ2v) is 2.92. The minimum atomic E-state index is -0.939. The van der Waals surface area contributed by atoms with Gasteiger partial charge in [0.15, 0.2) is 0 Å². The second kappa shape index (κ2) is 8.93. The fourth-order valence-electron chi connectivity index (χ4n) is 0.731. The van der Waals surface area contributed by atoms with Gasteiger partial charge in [-0.25, -0.2) is 0 Å². The molecule has 0 saturated carbocycles. The molecule has 0 aromatic heterocycles. The first-order valence-electron chi connectivity index (χ1n) is 4.83. The van der Waals surface area contributed by atoms with Crippen LogP contribution in [0.4, 0.5) is 0 Å². The van der Waals surface area contributed by atoms with Gasteiger partial charge in [-0.2, -0.15) is 0 Å². The summed E-state index contributed by atoms with van der Waals surface area (Å²) in [5, 5.41) is 8.52. The Labute approximate surface area is 84.2 Å². The first-order valence-corrected chi connectivity index (χ1v) is 4.83. The van der Waals surface area contributed by atoms with Crippen LogP contribution >= 0.6 is 0 Å². The van der Waals surface area contributed by atoms with Gasteiger partial charge in [0.25, 0.3) is 0 Å². The predicted octanol–water partition coefficient (Wildman–Crippen LogP) is -0.334. The van der Waals surface area contributed by atoms with E-state index in [2.05, 4.69) is 6.92 Å². The summed E-state index contributed by atoms with van der Waals surface area (Å²) in [6.45, 7) is 2.93. The van der Waals surface area contributed by atoms with Crippen LogP contribution in [0.3, 0.4) is 0 Å². The van der Waals surface area contributed by atoms with Crippen LogP contribution in [-0.4, -0.2) is 43.5 Å². The van der Waals surface area contributed by atoms with Gasteiger partial charge < -0.3 is 20.3 Å². The number of nitrogens with two attached hydrogens (primary N) is 1. The molecule has 0 amide bonds. The molecule has 0 aliphatic heterocycles. The normalized spacial score (nSPS) is 12.5. The Morgan fingerprint density at radius 1 is 1.43 bits per heavy atom. The molecule has 0 fully saturated rings. The first-order chi connectivity index (χ1) is 6.72. The van der Waals surface area contributed by atoms with Crippen molar-refractivity contribution in [2.45, 2.75) is 25.8 Å². The van der Waals surface area contributed by atoms with Crippen molar-refractivity contribution in [3.63, 3.8) is 0 Å². The summed E-state index contributed by atoms with van der Waals surface area (Å²) < 4.78 is 9.88. The Morgan fingerprint density at radius 2 is 2.14 bits per heavy atom. The van der Waals surface area contributed by atoms with Crippen molar-refractivity contribution >= 4 is 5.97 Å². The lowest BCUT2D eigenvalue weighted by molar-refractivity contribution is -0.147. The molecule has 84 valence electrons. The van der Waals surface area contributed by atoms with Crippen LogP contribution in [0.2, 0.25) is 0 Å². The largest absolute Gasteiger partial charge is 0.462 e. The molecule has 0 aliphatic rings. The Balaban J connectivity index is 3.23. The Hall–Kier alpha value is -0.650. The average molecular weight is 205 g/mol. The highest BCUT2D eigenvalue weighted by atomic mass is 16.6. The average Bonchev–Trinajstić information content (AvgIpc) is 2.21. The van der Waals surface area contributed by atoms with Crippen LogP contribution in [0.1, 0.15) is 19.8 Å². The molecule has 1 atom stereocenters. The molecule has 1 unspecified atom stereocenters. The number of aliphatic hydroxyl groups excluding tert-OH is 1. The van der Waals surface area contributed by atoms with Crippen LogP contribution in [0, 0.1) is 0 Å². The van der Waals surface area contributed by atoms with Gasteiger partial charge in [-0.05, 0) is 6.42 Å². The molecule has 0 radical (unpaired) electrons. The number of unbranched alkanes of at least 4 members (excludes halogenated alkanes) is 1. The molecule has 0 spiro atoms. The third-order valence-corrected chi connectivity index (χ3v) is 1.61. The fourth-order valence-corrected chi connectivity index (χ4v) is 0.731. The lowest BCUT2D eigenvalue weighted by atomic mass is 10.3. The predicted molar refractivity (Wildman–Crippen MR) is 51.7 cm³/mol. The molecule has 3 N–H and O–H groups in total. The molecule has 0 saturated heterocycles. The van der Waals surface area contributed by atoms with E-state index in [1.165, 1.54) is 0 Å². The van der Waals surface area contributed by atoms with Gasteiger partial charge in [0.1, 0.15) is 12.6 Å². The standard InChI is InChI=1S/C9H19NO4/c1-2-3-4-13-5-6-14-9(12)8(10)7-11/h8,11H,2-7,10H2,1H3. The number of carbonyl (C=O) groups excluding carboxylic acids is 1. The van der Waals surface area contributed by atoms with E-state index in [4.69, 9.17) is 20.3 Å². The van der Waals surface area contributed by atoms with E-state index in [0.29, 0.717) is 13.2 Å². The Bertz CT molecular complexity index is 152. The number of hydrogen-bond donors (Lipinski definition) is 2. The second-order valence-electron chi connectivity index (χ2n) is 2.92. The zero-order chi connectivity index (χ0) is 10.8. The molecule has 5 nitrogen and oxygen atoms in total. The van der Waals surface area contributed by atoms with Crippen molar-refractivity contribution in [3.8, 4) is 0 Å². The lowest BCUT2D eigenvalue weighted by Gasteiger charge is -2.08. The van der Waals surface area contributed by atoms with E-state index >= 15 is 0 Å². The molecule has 0 heterocycles. The SMILES string of the molecule is CCCCOCCOC(=O)C(N)CO. The Morgan fingerprint density at radius 3 is 2.71 bits per heavy atom. The van der Waals surface area contributed by atoms with Crippen LogP contribution < -0.4 is 5.73 Å². The van der Waals surface area contributed by atoms with Crippen LogP contribution in [0.25, 0.3) is 0 Å². The molecular formula is C9H19NO4. The maximum absolute atomic E-state index is 10.9. The first kappa shape index (κ1) is 13.4. The highest BCUT2D eigenvalue weighted by Crippen LogP contribution is 1.89. The molecule has 14 heavy (non-hydrogen) atoms. The summed E-state index contributed by atoms with van der Waals surface area (Å²) in [5.74, 6) is -0.591. The monoisotopic (exact) mass is 205 g/mol. The van der Waals surface area contributed by atoms with E-state index in [9.17, 15) is 4.79 Å². The minimum Gasteiger partial charge on any atom is -0.462 e. The quantitative estimate of drug-likeness (QED) is 0.418. The van der Waals surface area contributed by atoms with Crippen LogP contribution in [0.15, 0.2) is 0 Å². The number of esters is 1. The zero-order valence-corrected chi connectivity index (χ0v) is 8.57.